The van der Waals surface area contributed by atoms with Crippen molar-refractivity contribution in [3.63, 3.8) is 0 Å². The molecule has 0 aliphatic rings. The maximum absolute atomic E-state index is 13.2. The quantitative estimate of drug-likeness (QED) is 0.347. The van der Waals surface area contributed by atoms with Gasteiger partial charge in [-0.25, -0.2) is 4.39 Å². The first-order valence-corrected chi connectivity index (χ1v) is 8.45. The molecule has 0 spiro atoms. The lowest BCUT2D eigenvalue weighted by atomic mass is 10.2. The minimum absolute atomic E-state index is 0. The summed E-state index contributed by atoms with van der Waals surface area (Å²) in [7, 11) is 1.70. The molecule has 8 heteroatoms. The molecule has 0 aliphatic heterocycles. The first kappa shape index (κ1) is 22.2. The van der Waals surface area contributed by atoms with E-state index in [0.29, 0.717) is 24.8 Å². The molecule has 0 saturated carbocycles. The molecule has 2 rings (SSSR count). The molecule has 2 aromatic rings. The maximum Gasteiger partial charge on any atom is 0.191 e. The third-order valence-corrected chi connectivity index (χ3v) is 3.68. The van der Waals surface area contributed by atoms with Gasteiger partial charge in [0, 0.05) is 19.2 Å². The Balaban J connectivity index is 0.00000338. The third-order valence-electron chi connectivity index (χ3n) is 3.68. The second-order valence-electron chi connectivity index (χ2n) is 5.55. The van der Waals surface area contributed by atoms with E-state index in [1.54, 1.807) is 19.2 Å². The third kappa shape index (κ3) is 7.19. The molecule has 0 amide bonds. The van der Waals surface area contributed by atoms with Crippen molar-refractivity contribution in [3.8, 4) is 5.75 Å². The van der Waals surface area contributed by atoms with E-state index in [4.69, 9.17) is 9.26 Å². The van der Waals surface area contributed by atoms with Crippen molar-refractivity contribution in [2.75, 3.05) is 13.6 Å². The molecule has 26 heavy (non-hydrogen) atoms. The van der Waals surface area contributed by atoms with E-state index in [1.165, 1.54) is 12.1 Å². The number of benzene rings is 1. The zero-order chi connectivity index (χ0) is 18.1. The summed E-state index contributed by atoms with van der Waals surface area (Å²) in [6.07, 6.45) is 1.52. The second kappa shape index (κ2) is 11.7. The summed E-state index contributed by atoms with van der Waals surface area (Å²) < 4.78 is 24.3. The van der Waals surface area contributed by atoms with Crippen LogP contribution in [-0.4, -0.2) is 30.8 Å². The molecule has 144 valence electrons. The predicted octanol–water partition coefficient (Wildman–Crippen LogP) is 3.52. The molecular weight excluding hydrogens is 450 g/mol. The predicted molar refractivity (Wildman–Crippen MR) is 111 cm³/mol. The molecule has 0 fully saturated rings. The first-order chi connectivity index (χ1) is 12.1. The van der Waals surface area contributed by atoms with Crippen LogP contribution < -0.4 is 15.4 Å². The smallest absolute Gasteiger partial charge is 0.191 e. The molecule has 1 atom stereocenters. The average molecular weight is 476 g/mol. The van der Waals surface area contributed by atoms with Crippen LogP contribution in [0.5, 0.6) is 5.75 Å². The number of aromatic nitrogens is 1. The van der Waals surface area contributed by atoms with Gasteiger partial charge in [0.05, 0.1) is 18.8 Å². The molecule has 1 aromatic heterocycles. The van der Waals surface area contributed by atoms with Crippen molar-refractivity contribution >= 4 is 29.9 Å². The lowest BCUT2D eigenvalue weighted by Crippen LogP contribution is -2.42. The Kier molecular flexibility index (Phi) is 10.0. The van der Waals surface area contributed by atoms with E-state index in [-0.39, 0.29) is 35.9 Å². The number of nitrogens with zero attached hydrogens (tertiary/aromatic N) is 2. The number of guanidine groups is 1. The van der Waals surface area contributed by atoms with E-state index in [1.807, 2.05) is 19.9 Å². The van der Waals surface area contributed by atoms with E-state index in [2.05, 4.69) is 20.8 Å². The highest BCUT2D eigenvalue weighted by atomic mass is 127. The van der Waals surface area contributed by atoms with Crippen molar-refractivity contribution in [3.05, 3.63) is 47.6 Å². The molecule has 0 radical (unpaired) electrons. The lowest BCUT2D eigenvalue weighted by molar-refractivity contribution is 0.198. The van der Waals surface area contributed by atoms with Crippen LogP contribution in [0.3, 0.4) is 0 Å². The standard InChI is InChI=1S/C18H25FN4O2.HI/c1-4-14-10-17(25-23-14)12-22-18(20-3)21-11-15(5-2)24-16-8-6-7-13(19)9-16;/h6-10,15H,4-5,11-12H2,1-3H3,(H2,20,21,22);1H. The number of rotatable bonds is 8. The fraction of sp³-hybridized carbons (Fsp3) is 0.444. The minimum Gasteiger partial charge on any atom is -0.489 e. The number of hydrogen-bond donors (Lipinski definition) is 2. The lowest BCUT2D eigenvalue weighted by Gasteiger charge is -2.19. The monoisotopic (exact) mass is 476 g/mol. The summed E-state index contributed by atoms with van der Waals surface area (Å²) in [5, 5.41) is 10.3. The summed E-state index contributed by atoms with van der Waals surface area (Å²) in [6.45, 7) is 5.08. The summed E-state index contributed by atoms with van der Waals surface area (Å²) in [5.74, 6) is 1.60. The number of hydrogen-bond acceptors (Lipinski definition) is 4. The van der Waals surface area contributed by atoms with Gasteiger partial charge in [-0.15, -0.1) is 24.0 Å². The van der Waals surface area contributed by atoms with Gasteiger partial charge in [0.25, 0.3) is 0 Å². The number of aliphatic imine (C=N–C) groups is 1. The van der Waals surface area contributed by atoms with Crippen molar-refractivity contribution in [2.45, 2.75) is 39.3 Å². The van der Waals surface area contributed by atoms with Gasteiger partial charge in [-0.05, 0) is 25.0 Å². The summed E-state index contributed by atoms with van der Waals surface area (Å²) >= 11 is 0. The molecule has 0 saturated heterocycles. The van der Waals surface area contributed by atoms with Crippen LogP contribution in [0.25, 0.3) is 0 Å². The summed E-state index contributed by atoms with van der Waals surface area (Å²) in [5.41, 5.74) is 0.925. The fourth-order valence-electron chi connectivity index (χ4n) is 2.21. The van der Waals surface area contributed by atoms with Crippen molar-refractivity contribution < 1.29 is 13.7 Å². The number of ether oxygens (including phenoxy) is 1. The summed E-state index contributed by atoms with van der Waals surface area (Å²) in [6, 6.07) is 8.07. The summed E-state index contributed by atoms with van der Waals surface area (Å²) in [4.78, 5) is 4.17. The Morgan fingerprint density at radius 3 is 2.73 bits per heavy atom. The highest BCUT2D eigenvalue weighted by molar-refractivity contribution is 14.0. The zero-order valence-corrected chi connectivity index (χ0v) is 17.6. The van der Waals surface area contributed by atoms with Crippen LogP contribution in [0.15, 0.2) is 39.8 Å². The van der Waals surface area contributed by atoms with Crippen LogP contribution in [0, 0.1) is 5.82 Å². The van der Waals surface area contributed by atoms with Crippen LogP contribution >= 0.6 is 24.0 Å². The van der Waals surface area contributed by atoms with Gasteiger partial charge in [0.1, 0.15) is 17.7 Å². The first-order valence-electron chi connectivity index (χ1n) is 8.45. The van der Waals surface area contributed by atoms with Gasteiger partial charge < -0.3 is 19.9 Å². The number of nitrogens with one attached hydrogen (secondary N) is 2. The zero-order valence-electron chi connectivity index (χ0n) is 15.3. The molecule has 1 aromatic carbocycles. The average Bonchev–Trinajstić information content (AvgIpc) is 3.09. The SMILES string of the molecule is CCc1cc(CNC(=NC)NCC(CC)Oc2cccc(F)c2)on1.I. The Morgan fingerprint density at radius 1 is 1.31 bits per heavy atom. The van der Waals surface area contributed by atoms with Crippen LogP contribution in [0.2, 0.25) is 0 Å². The van der Waals surface area contributed by atoms with E-state index in [0.717, 1.165) is 24.3 Å². The Morgan fingerprint density at radius 2 is 2.12 bits per heavy atom. The fourth-order valence-corrected chi connectivity index (χ4v) is 2.21. The van der Waals surface area contributed by atoms with Crippen molar-refractivity contribution in [1.29, 1.82) is 0 Å². The molecule has 1 unspecified atom stereocenters. The van der Waals surface area contributed by atoms with Gasteiger partial charge >= 0.3 is 0 Å². The van der Waals surface area contributed by atoms with Crippen LogP contribution in [-0.2, 0) is 13.0 Å². The molecular formula is C18H26FIN4O2. The Bertz CT molecular complexity index is 693. The Hall–Kier alpha value is -1.84. The molecule has 1 heterocycles. The largest absolute Gasteiger partial charge is 0.489 e. The topological polar surface area (TPSA) is 71.7 Å². The van der Waals surface area contributed by atoms with E-state index in [9.17, 15) is 4.39 Å². The van der Waals surface area contributed by atoms with E-state index >= 15 is 0 Å². The van der Waals surface area contributed by atoms with Gasteiger partial charge in [-0.3, -0.25) is 4.99 Å². The van der Waals surface area contributed by atoms with Gasteiger partial charge in [0.15, 0.2) is 11.7 Å². The maximum atomic E-state index is 13.2. The molecule has 0 bridgehead atoms. The van der Waals surface area contributed by atoms with Gasteiger partial charge in [0.2, 0.25) is 0 Å². The van der Waals surface area contributed by atoms with Crippen LogP contribution in [0.1, 0.15) is 31.7 Å². The van der Waals surface area contributed by atoms with E-state index < -0.39 is 0 Å². The number of aryl methyl sites for hydroxylation is 1. The highest BCUT2D eigenvalue weighted by Gasteiger charge is 2.10. The normalized spacial score (nSPS) is 12.2. The molecule has 2 N–H and O–H groups in total. The second-order valence-corrected chi connectivity index (χ2v) is 5.55. The molecule has 6 nitrogen and oxygen atoms in total. The van der Waals surface area contributed by atoms with Crippen molar-refractivity contribution in [2.24, 2.45) is 4.99 Å². The van der Waals surface area contributed by atoms with Crippen LogP contribution in [0.4, 0.5) is 4.39 Å². The Labute approximate surface area is 170 Å². The van der Waals surface area contributed by atoms with Crippen molar-refractivity contribution in [1.82, 2.24) is 15.8 Å². The minimum atomic E-state index is -0.309. The number of halogens is 2. The van der Waals surface area contributed by atoms with Gasteiger partial charge in [-0.2, -0.15) is 0 Å². The molecule has 0 aliphatic carbocycles. The highest BCUT2D eigenvalue weighted by Crippen LogP contribution is 2.14. The van der Waals surface area contributed by atoms with Gasteiger partial charge in [-0.1, -0.05) is 25.1 Å².